The molecule has 1 amide bonds. The lowest BCUT2D eigenvalue weighted by Gasteiger charge is -2.09. The van der Waals surface area contributed by atoms with Crippen LogP contribution in [-0.2, 0) is 0 Å². The molecular weight excluding hydrogens is 468 g/mol. The molecule has 0 bridgehead atoms. The maximum absolute atomic E-state index is 12.6. The maximum atomic E-state index is 12.6. The second kappa shape index (κ2) is 9.47. The highest BCUT2D eigenvalue weighted by molar-refractivity contribution is 7.17. The molecule has 4 heterocycles. The summed E-state index contributed by atoms with van der Waals surface area (Å²) in [5.41, 5.74) is 1.61. The van der Waals surface area contributed by atoms with Crippen LogP contribution < -0.4 is 21.7 Å². The van der Waals surface area contributed by atoms with Crippen LogP contribution in [0.5, 0.6) is 5.88 Å². The Morgan fingerprint density at radius 3 is 2.91 bits per heavy atom. The molecule has 1 aliphatic rings. The zero-order valence-corrected chi connectivity index (χ0v) is 20.2. The third kappa shape index (κ3) is 5.17. The van der Waals surface area contributed by atoms with E-state index in [0.717, 1.165) is 30.7 Å². The van der Waals surface area contributed by atoms with Crippen LogP contribution in [0.25, 0.3) is 22.3 Å². The van der Waals surface area contributed by atoms with Crippen molar-refractivity contribution in [2.24, 2.45) is 4.99 Å². The number of aromatic amines is 2. The molecule has 0 atom stereocenters. The topological polar surface area (TPSA) is 144 Å². The Kier molecular flexibility index (Phi) is 6.22. The van der Waals surface area contributed by atoms with Crippen LogP contribution in [0, 0.1) is 0 Å². The third-order valence-corrected chi connectivity index (χ3v) is 6.63. The summed E-state index contributed by atoms with van der Waals surface area (Å²) in [7, 11) is 4.01. The monoisotopic (exact) mass is 494 g/mol. The van der Waals surface area contributed by atoms with Crippen LogP contribution >= 0.6 is 11.3 Å². The predicted octanol–water partition coefficient (Wildman–Crippen LogP) is 0.472. The first kappa shape index (κ1) is 23.0. The first-order valence-corrected chi connectivity index (χ1v) is 12.2. The van der Waals surface area contributed by atoms with Crippen LogP contribution in [0.3, 0.4) is 0 Å². The van der Waals surface area contributed by atoms with E-state index in [1.54, 1.807) is 22.9 Å². The number of fused-ring (bicyclic) bond motifs is 1. The Balaban J connectivity index is 1.51. The number of carbonyl (C=O) groups is 1. The number of hydrogen-bond acceptors (Lipinski definition) is 8. The van der Waals surface area contributed by atoms with E-state index in [1.807, 2.05) is 26.2 Å². The summed E-state index contributed by atoms with van der Waals surface area (Å²) in [4.78, 5) is 42.1. The summed E-state index contributed by atoms with van der Waals surface area (Å²) in [6, 6.07) is 5.83. The lowest BCUT2D eigenvalue weighted by molar-refractivity contribution is 0.0956. The number of thiophene rings is 1. The molecule has 0 aliphatic heterocycles. The van der Waals surface area contributed by atoms with Crippen LogP contribution in [0.4, 0.5) is 0 Å². The number of hydrogen-bond donors (Lipinski definition) is 4. The smallest absolute Gasteiger partial charge is 0.326 e. The van der Waals surface area contributed by atoms with Crippen LogP contribution in [0.15, 0.2) is 34.2 Å². The van der Waals surface area contributed by atoms with E-state index in [0.29, 0.717) is 33.5 Å². The van der Waals surface area contributed by atoms with E-state index in [1.165, 1.54) is 11.3 Å². The number of rotatable bonds is 8. The molecule has 182 valence electrons. The summed E-state index contributed by atoms with van der Waals surface area (Å²) in [5, 5.41) is 18.0. The van der Waals surface area contributed by atoms with Gasteiger partial charge in [0, 0.05) is 17.8 Å². The van der Waals surface area contributed by atoms with Gasteiger partial charge in [0.2, 0.25) is 5.88 Å². The molecule has 5 rings (SSSR count). The van der Waals surface area contributed by atoms with Gasteiger partial charge in [0.1, 0.15) is 5.69 Å². The van der Waals surface area contributed by atoms with E-state index in [-0.39, 0.29) is 23.5 Å². The number of imidazole rings is 1. The average molecular weight is 495 g/mol. The number of carbonyl (C=O) groups excluding carboxylic acids is 1. The minimum atomic E-state index is -0.505. The fourth-order valence-corrected chi connectivity index (χ4v) is 4.49. The van der Waals surface area contributed by atoms with E-state index < -0.39 is 5.69 Å². The number of nitrogens with zero attached hydrogens (tertiary/aromatic N) is 5. The van der Waals surface area contributed by atoms with Crippen LogP contribution in [0.2, 0.25) is 0 Å². The molecule has 4 aromatic rings. The van der Waals surface area contributed by atoms with Gasteiger partial charge in [0.25, 0.3) is 5.91 Å². The van der Waals surface area contributed by atoms with Gasteiger partial charge >= 0.3 is 5.69 Å². The number of aromatic hydroxyl groups is 1. The largest absolute Gasteiger partial charge is 0.493 e. The van der Waals surface area contributed by atoms with E-state index >= 15 is 0 Å². The second-order valence-corrected chi connectivity index (χ2v) is 9.84. The lowest BCUT2D eigenvalue weighted by Crippen LogP contribution is -2.26. The van der Waals surface area contributed by atoms with Crippen molar-refractivity contribution in [2.75, 3.05) is 27.2 Å². The van der Waals surface area contributed by atoms with Crippen molar-refractivity contribution in [3.05, 3.63) is 56.2 Å². The van der Waals surface area contributed by atoms with Crippen molar-refractivity contribution in [1.82, 2.24) is 34.8 Å². The Hall–Kier alpha value is -3.77. The standard InChI is InChI=1S/C23H26N8O3S/c1-30(2)9-3-8-24-22(33)18-7-6-17(35-18)15-11-19(26-14-4-5-14)31-20(27-15)13(12-25-31)10-16-21(32)29-23(34)28-16/h6-7,10-12,14,32H,3-5,8-9H2,1-2H3,(H,24,33)(H2,28,29,34). The first-order chi connectivity index (χ1) is 16.9. The minimum Gasteiger partial charge on any atom is -0.493 e. The summed E-state index contributed by atoms with van der Waals surface area (Å²) >= 11 is 1.37. The molecular formula is C23H26N8O3S. The van der Waals surface area contributed by atoms with Crippen molar-refractivity contribution in [1.29, 1.82) is 0 Å². The van der Waals surface area contributed by atoms with Crippen molar-refractivity contribution < 1.29 is 9.90 Å². The Labute approximate surface area is 203 Å². The van der Waals surface area contributed by atoms with Gasteiger partial charge in [-0.2, -0.15) is 9.61 Å². The van der Waals surface area contributed by atoms with E-state index in [4.69, 9.17) is 9.98 Å². The molecule has 0 saturated heterocycles. The van der Waals surface area contributed by atoms with Gasteiger partial charge in [-0.3, -0.25) is 14.8 Å². The van der Waals surface area contributed by atoms with Gasteiger partial charge < -0.3 is 20.3 Å². The fraction of sp³-hybridized carbons (Fsp3) is 0.348. The van der Waals surface area contributed by atoms with Crippen molar-refractivity contribution in [3.8, 4) is 16.5 Å². The molecule has 12 heteroatoms. The Bertz CT molecular complexity index is 1560. The quantitative estimate of drug-likeness (QED) is 0.262. The first-order valence-electron chi connectivity index (χ1n) is 11.4. The highest BCUT2D eigenvalue weighted by Crippen LogP contribution is 2.27. The van der Waals surface area contributed by atoms with Crippen LogP contribution in [0.1, 0.15) is 34.6 Å². The highest BCUT2D eigenvalue weighted by Gasteiger charge is 2.21. The lowest BCUT2D eigenvalue weighted by atomic mass is 10.3. The molecule has 1 saturated carbocycles. The molecule has 35 heavy (non-hydrogen) atoms. The van der Waals surface area contributed by atoms with Gasteiger partial charge in [0.15, 0.2) is 11.1 Å². The average Bonchev–Trinajstić information content (AvgIpc) is 3.19. The molecule has 0 spiro atoms. The molecule has 1 fully saturated rings. The minimum absolute atomic E-state index is 0.103. The Morgan fingerprint density at radius 1 is 1.37 bits per heavy atom. The van der Waals surface area contributed by atoms with Crippen molar-refractivity contribution in [2.45, 2.75) is 25.3 Å². The second-order valence-electron chi connectivity index (χ2n) is 8.76. The molecule has 0 unspecified atom stereocenters. The molecule has 4 N–H and O–H groups in total. The number of aromatic nitrogens is 5. The van der Waals surface area contributed by atoms with Crippen LogP contribution in [-0.4, -0.2) is 73.7 Å². The van der Waals surface area contributed by atoms with Gasteiger partial charge in [-0.25, -0.2) is 9.78 Å². The number of amides is 1. The van der Waals surface area contributed by atoms with Gasteiger partial charge in [0.05, 0.1) is 27.7 Å². The SMILES string of the molecule is CN(C)CCCNC(=O)c1ccc(-c2cc(=NC3CC3)n3ncc(=Cc4[nH]c(=O)[nH]c4O)c3n2)s1. The molecule has 4 aromatic heterocycles. The van der Waals surface area contributed by atoms with Gasteiger partial charge in [-0.05, 0) is 58.1 Å². The summed E-state index contributed by atoms with van der Waals surface area (Å²) in [5.74, 6) is -0.359. The normalized spacial score (nSPS) is 14.9. The summed E-state index contributed by atoms with van der Waals surface area (Å²) in [6.45, 7) is 1.52. The molecule has 1 aliphatic carbocycles. The molecule has 11 nitrogen and oxygen atoms in total. The van der Waals surface area contributed by atoms with Gasteiger partial charge in [-0.15, -0.1) is 11.3 Å². The third-order valence-electron chi connectivity index (χ3n) is 5.53. The zero-order chi connectivity index (χ0) is 24.5. The van der Waals surface area contributed by atoms with Crippen molar-refractivity contribution >= 4 is 29.0 Å². The maximum Gasteiger partial charge on any atom is 0.326 e. The van der Waals surface area contributed by atoms with E-state index in [2.05, 4.69) is 25.3 Å². The number of nitrogens with one attached hydrogen (secondary N) is 3. The van der Waals surface area contributed by atoms with Crippen molar-refractivity contribution in [3.63, 3.8) is 0 Å². The number of H-pyrrole nitrogens is 2. The summed E-state index contributed by atoms with van der Waals surface area (Å²) in [6.07, 6.45) is 6.17. The fourth-order valence-electron chi connectivity index (χ4n) is 3.60. The van der Waals surface area contributed by atoms with E-state index in [9.17, 15) is 14.7 Å². The molecule has 0 radical (unpaired) electrons. The highest BCUT2D eigenvalue weighted by atomic mass is 32.1. The Morgan fingerprint density at radius 2 is 2.20 bits per heavy atom. The molecule has 0 aromatic carbocycles. The van der Waals surface area contributed by atoms with Gasteiger partial charge in [-0.1, -0.05) is 0 Å². The zero-order valence-electron chi connectivity index (χ0n) is 19.4. The predicted molar refractivity (Wildman–Crippen MR) is 132 cm³/mol. The summed E-state index contributed by atoms with van der Waals surface area (Å²) < 4.78 is 1.65.